The fraction of sp³-hybridized carbons (Fsp3) is 0.250. The minimum atomic E-state index is -0.179. The van der Waals surface area contributed by atoms with Crippen LogP contribution < -0.4 is 10.6 Å². The number of hydrogen-bond donors (Lipinski definition) is 2. The van der Waals surface area contributed by atoms with Gasteiger partial charge in [-0.15, -0.1) is 11.3 Å². The van der Waals surface area contributed by atoms with Gasteiger partial charge >= 0.3 is 0 Å². The first kappa shape index (κ1) is 21.2. The number of nitrogens with one attached hydrogen (secondary N) is 2. The Kier molecular flexibility index (Phi) is 7.09. The lowest BCUT2D eigenvalue weighted by molar-refractivity contribution is 0.0332. The Hall–Kier alpha value is -3.00. The molecule has 0 saturated carbocycles. The molecule has 0 spiro atoms. The molecule has 1 atom stereocenters. The lowest BCUT2D eigenvalue weighted by atomic mass is 10.0. The van der Waals surface area contributed by atoms with Crippen molar-refractivity contribution in [1.29, 1.82) is 0 Å². The van der Waals surface area contributed by atoms with Gasteiger partial charge in [-0.25, -0.2) is 0 Å². The molecule has 3 aromatic rings. The lowest BCUT2D eigenvalue weighted by Gasteiger charge is -2.31. The first-order chi connectivity index (χ1) is 15.2. The first-order valence-corrected chi connectivity index (χ1v) is 11.2. The van der Waals surface area contributed by atoms with Crippen LogP contribution >= 0.6 is 11.3 Å². The minimum Gasteiger partial charge on any atom is -0.379 e. The van der Waals surface area contributed by atoms with Crippen molar-refractivity contribution >= 4 is 28.8 Å². The second-order valence-corrected chi connectivity index (χ2v) is 8.31. The third kappa shape index (κ3) is 5.79. The maximum Gasteiger partial charge on any atom is 0.265 e. The molecule has 0 bridgehead atoms. The van der Waals surface area contributed by atoms with Crippen LogP contribution in [0.5, 0.6) is 0 Å². The van der Waals surface area contributed by atoms with Crippen molar-refractivity contribution in [2.75, 3.05) is 38.2 Å². The topological polar surface area (TPSA) is 70.7 Å². The molecule has 4 rings (SSSR count). The quantitative estimate of drug-likeness (QED) is 0.592. The van der Waals surface area contributed by atoms with Crippen molar-refractivity contribution in [3.63, 3.8) is 0 Å². The summed E-state index contributed by atoms with van der Waals surface area (Å²) in [5, 5.41) is 7.89. The summed E-state index contributed by atoms with van der Waals surface area (Å²) in [6.07, 6.45) is 0. The second-order valence-electron chi connectivity index (χ2n) is 7.36. The predicted molar refractivity (Wildman–Crippen MR) is 123 cm³/mol. The number of hydrogen-bond acceptors (Lipinski definition) is 5. The number of morpholine rings is 1. The van der Waals surface area contributed by atoms with Crippen LogP contribution in [0, 0.1) is 0 Å². The highest BCUT2D eigenvalue weighted by molar-refractivity contribution is 7.12. The predicted octanol–water partition coefficient (Wildman–Crippen LogP) is 3.80. The number of thiophene rings is 1. The monoisotopic (exact) mass is 435 g/mol. The summed E-state index contributed by atoms with van der Waals surface area (Å²) in [6.45, 7) is 3.84. The van der Waals surface area contributed by atoms with E-state index in [2.05, 4.69) is 15.5 Å². The molecule has 1 saturated heterocycles. The number of benzene rings is 2. The van der Waals surface area contributed by atoms with Gasteiger partial charge in [0.15, 0.2) is 0 Å². The van der Waals surface area contributed by atoms with E-state index in [9.17, 15) is 9.59 Å². The van der Waals surface area contributed by atoms with Crippen LogP contribution in [0.3, 0.4) is 0 Å². The molecule has 1 unspecified atom stereocenters. The van der Waals surface area contributed by atoms with Gasteiger partial charge in [0.1, 0.15) is 0 Å². The molecule has 2 aromatic carbocycles. The number of nitrogens with zero attached hydrogens (tertiary/aromatic N) is 1. The van der Waals surface area contributed by atoms with Crippen molar-refractivity contribution in [2.45, 2.75) is 6.04 Å². The summed E-state index contributed by atoms with van der Waals surface area (Å²) in [6, 6.07) is 20.5. The smallest absolute Gasteiger partial charge is 0.265 e. The normalized spacial score (nSPS) is 15.2. The van der Waals surface area contributed by atoms with E-state index in [1.165, 1.54) is 11.3 Å². The number of rotatable bonds is 7. The van der Waals surface area contributed by atoms with Gasteiger partial charge in [0.25, 0.3) is 11.8 Å². The average Bonchev–Trinajstić information content (AvgIpc) is 3.35. The van der Waals surface area contributed by atoms with Crippen molar-refractivity contribution in [3.8, 4) is 0 Å². The van der Waals surface area contributed by atoms with E-state index in [1.54, 1.807) is 30.3 Å². The zero-order valence-electron chi connectivity index (χ0n) is 17.1. The maximum atomic E-state index is 13.1. The Morgan fingerprint density at radius 1 is 0.968 bits per heavy atom. The van der Waals surface area contributed by atoms with Gasteiger partial charge in [-0.2, -0.15) is 0 Å². The van der Waals surface area contributed by atoms with Crippen LogP contribution in [0.4, 0.5) is 5.69 Å². The third-order valence-electron chi connectivity index (χ3n) is 5.18. The fourth-order valence-electron chi connectivity index (χ4n) is 3.54. The molecule has 0 aliphatic carbocycles. The first-order valence-electron chi connectivity index (χ1n) is 10.3. The maximum absolute atomic E-state index is 13.1. The summed E-state index contributed by atoms with van der Waals surface area (Å²) in [7, 11) is 0. The van der Waals surface area contributed by atoms with Gasteiger partial charge in [0.05, 0.1) is 24.1 Å². The fourth-order valence-corrected chi connectivity index (χ4v) is 4.16. The largest absolute Gasteiger partial charge is 0.379 e. The van der Waals surface area contributed by atoms with Crippen molar-refractivity contribution in [2.24, 2.45) is 0 Å². The van der Waals surface area contributed by atoms with Gasteiger partial charge in [-0.05, 0) is 35.2 Å². The van der Waals surface area contributed by atoms with E-state index < -0.39 is 0 Å². The Balaban J connectivity index is 1.47. The molecule has 2 heterocycles. The Labute approximate surface area is 185 Å². The molecule has 6 nitrogen and oxygen atoms in total. The Morgan fingerprint density at radius 2 is 1.77 bits per heavy atom. The Morgan fingerprint density at radius 3 is 2.52 bits per heavy atom. The third-order valence-corrected chi connectivity index (χ3v) is 6.05. The molecule has 160 valence electrons. The van der Waals surface area contributed by atoms with Gasteiger partial charge in [-0.1, -0.05) is 42.5 Å². The second kappa shape index (κ2) is 10.3. The van der Waals surface area contributed by atoms with Crippen molar-refractivity contribution in [1.82, 2.24) is 10.2 Å². The molecule has 1 aliphatic heterocycles. The average molecular weight is 436 g/mol. The summed E-state index contributed by atoms with van der Waals surface area (Å²) in [5.74, 6) is -0.351. The molecule has 1 fully saturated rings. The van der Waals surface area contributed by atoms with Crippen LogP contribution in [0.2, 0.25) is 0 Å². The van der Waals surface area contributed by atoms with Crippen LogP contribution in [0.1, 0.15) is 31.6 Å². The highest BCUT2D eigenvalue weighted by atomic mass is 32.1. The van der Waals surface area contributed by atoms with Gasteiger partial charge < -0.3 is 15.4 Å². The van der Waals surface area contributed by atoms with Gasteiger partial charge in [0, 0.05) is 30.9 Å². The highest BCUT2D eigenvalue weighted by Crippen LogP contribution is 2.18. The van der Waals surface area contributed by atoms with E-state index in [1.807, 2.05) is 41.8 Å². The summed E-state index contributed by atoms with van der Waals surface area (Å²) in [5.41, 5.74) is 2.16. The number of carbonyl (C=O) groups is 2. The van der Waals surface area contributed by atoms with E-state index in [0.717, 1.165) is 18.7 Å². The molecule has 7 heteroatoms. The molecule has 2 amide bonds. The summed E-state index contributed by atoms with van der Waals surface area (Å²) in [4.78, 5) is 28.3. The molecule has 1 aliphatic rings. The van der Waals surface area contributed by atoms with Gasteiger partial charge in [-0.3, -0.25) is 14.5 Å². The van der Waals surface area contributed by atoms with Crippen LogP contribution in [-0.2, 0) is 4.74 Å². The van der Waals surface area contributed by atoms with Gasteiger partial charge in [0.2, 0.25) is 0 Å². The summed E-state index contributed by atoms with van der Waals surface area (Å²) < 4.78 is 5.45. The molecular formula is C24H25N3O3S. The number of amides is 2. The Bertz CT molecular complexity index is 1000. The number of anilines is 1. The van der Waals surface area contributed by atoms with E-state index >= 15 is 0 Å². The number of carbonyl (C=O) groups excluding carboxylic acids is 2. The van der Waals surface area contributed by atoms with E-state index in [0.29, 0.717) is 35.9 Å². The van der Waals surface area contributed by atoms with E-state index in [4.69, 9.17) is 4.74 Å². The number of ether oxygens (including phenoxy) is 1. The van der Waals surface area contributed by atoms with E-state index in [-0.39, 0.29) is 17.9 Å². The standard InChI is InChI=1S/C24H25N3O3S/c28-23(19-8-4-9-20(16-19)25-24(29)22-10-5-15-31-22)26-21(18-6-2-1-3-7-18)17-27-11-13-30-14-12-27/h1-10,15-16,21H,11-14,17H2,(H,25,29)(H,26,28). The molecule has 31 heavy (non-hydrogen) atoms. The van der Waals surface area contributed by atoms with Crippen LogP contribution in [0.25, 0.3) is 0 Å². The van der Waals surface area contributed by atoms with Crippen LogP contribution in [0.15, 0.2) is 72.1 Å². The van der Waals surface area contributed by atoms with Crippen molar-refractivity contribution < 1.29 is 14.3 Å². The molecule has 0 radical (unpaired) electrons. The summed E-state index contributed by atoms with van der Waals surface area (Å²) >= 11 is 1.38. The molecule has 1 aromatic heterocycles. The minimum absolute atomic E-state index is 0.142. The van der Waals surface area contributed by atoms with Crippen LogP contribution in [-0.4, -0.2) is 49.6 Å². The highest BCUT2D eigenvalue weighted by Gasteiger charge is 2.21. The van der Waals surface area contributed by atoms with Crippen molar-refractivity contribution in [3.05, 3.63) is 88.1 Å². The molecular weight excluding hydrogens is 410 g/mol. The zero-order valence-corrected chi connectivity index (χ0v) is 17.9. The SMILES string of the molecule is O=C(NC(CN1CCOCC1)c1ccccc1)c1cccc(NC(=O)c2cccs2)c1. The zero-order chi connectivity index (χ0) is 21.5. The molecule has 2 N–H and O–H groups in total. The lowest BCUT2D eigenvalue weighted by Crippen LogP contribution is -2.43.